The molecule has 1 aromatic heterocycles. The number of ketones is 1. The average molecular weight is 416 g/mol. The molecule has 4 nitrogen and oxygen atoms in total. The van der Waals surface area contributed by atoms with Crippen LogP contribution in [0.15, 0.2) is 42.5 Å². The van der Waals surface area contributed by atoms with E-state index < -0.39 is 0 Å². The first-order chi connectivity index (χ1) is 13.9. The minimum Gasteiger partial charge on any atom is -0.497 e. The van der Waals surface area contributed by atoms with Crippen LogP contribution in [-0.4, -0.2) is 23.4 Å². The Morgan fingerprint density at radius 2 is 1.59 bits per heavy atom. The Bertz CT molecular complexity index is 972. The number of rotatable bonds is 4. The highest BCUT2D eigenvalue weighted by Crippen LogP contribution is 2.30. The lowest BCUT2D eigenvalue weighted by Gasteiger charge is -2.08. The van der Waals surface area contributed by atoms with Gasteiger partial charge in [-0.3, -0.25) is 14.2 Å². The smallest absolute Gasteiger partial charge is 0.262 e. The fourth-order valence-electron chi connectivity index (χ4n) is 3.04. The van der Waals surface area contributed by atoms with Gasteiger partial charge in [-0.1, -0.05) is 39.3 Å². The second kappa shape index (κ2) is 11.4. The monoisotopic (exact) mass is 415 g/mol. The number of Topliss-reactive ketones (excluding diaryl/α,β-unsaturated/α-hetero) is 1. The number of ether oxygens (including phenoxy) is 1. The van der Waals surface area contributed by atoms with Gasteiger partial charge < -0.3 is 4.74 Å². The predicted molar refractivity (Wildman–Crippen MR) is 121 cm³/mol. The summed E-state index contributed by atoms with van der Waals surface area (Å²) in [6.07, 6.45) is 0.274. The molecule has 0 saturated carbocycles. The number of halogens is 1. The fourth-order valence-corrected chi connectivity index (χ4v) is 3.17. The van der Waals surface area contributed by atoms with Crippen LogP contribution < -0.4 is 4.74 Å². The van der Waals surface area contributed by atoms with Gasteiger partial charge in [-0.05, 0) is 61.9 Å². The Morgan fingerprint density at radius 3 is 2.10 bits per heavy atom. The third kappa shape index (κ3) is 5.48. The molecule has 0 spiro atoms. The van der Waals surface area contributed by atoms with E-state index in [1.54, 1.807) is 42.9 Å². The first kappa shape index (κ1) is 24.4. The van der Waals surface area contributed by atoms with E-state index in [9.17, 15) is 9.59 Å². The minimum atomic E-state index is -0.154. The average Bonchev–Trinajstić information content (AvgIpc) is 3.01. The molecule has 29 heavy (non-hydrogen) atoms. The molecule has 3 rings (SSSR count). The molecule has 0 bridgehead atoms. The third-order valence-corrected chi connectivity index (χ3v) is 4.51. The summed E-state index contributed by atoms with van der Waals surface area (Å²) >= 11 is 5.91. The van der Waals surface area contributed by atoms with Crippen LogP contribution in [0.4, 0.5) is 0 Å². The summed E-state index contributed by atoms with van der Waals surface area (Å²) in [7, 11) is 1.59. The number of fused-ring (bicyclic) bond motifs is 1. The predicted octanol–water partition coefficient (Wildman–Crippen LogP) is 6.48. The van der Waals surface area contributed by atoms with Crippen LogP contribution in [0.5, 0.6) is 5.75 Å². The van der Waals surface area contributed by atoms with Crippen LogP contribution in [0, 0.1) is 6.92 Å². The van der Waals surface area contributed by atoms with Gasteiger partial charge in [0.05, 0.1) is 12.6 Å². The highest BCUT2D eigenvalue weighted by molar-refractivity contribution is 6.30. The van der Waals surface area contributed by atoms with Crippen LogP contribution in [0.2, 0.25) is 5.02 Å². The van der Waals surface area contributed by atoms with E-state index in [2.05, 4.69) is 0 Å². The minimum absolute atomic E-state index is 0.0453. The van der Waals surface area contributed by atoms with Gasteiger partial charge in [-0.25, -0.2) is 0 Å². The lowest BCUT2D eigenvalue weighted by molar-refractivity contribution is -0.116. The topological polar surface area (TPSA) is 48.3 Å². The summed E-state index contributed by atoms with van der Waals surface area (Å²) in [6, 6.07) is 12.3. The second-order valence-corrected chi connectivity index (χ2v) is 6.41. The molecule has 0 atom stereocenters. The van der Waals surface area contributed by atoms with Crippen molar-refractivity contribution >= 4 is 34.2 Å². The van der Waals surface area contributed by atoms with Crippen molar-refractivity contribution in [2.24, 2.45) is 0 Å². The molecular weight excluding hydrogens is 386 g/mol. The van der Waals surface area contributed by atoms with Gasteiger partial charge in [-0.15, -0.1) is 0 Å². The molecule has 0 aliphatic rings. The van der Waals surface area contributed by atoms with Crippen molar-refractivity contribution in [3.05, 3.63) is 64.3 Å². The third-order valence-electron chi connectivity index (χ3n) is 4.26. The van der Waals surface area contributed by atoms with Crippen molar-refractivity contribution in [3.8, 4) is 5.75 Å². The van der Waals surface area contributed by atoms with Crippen molar-refractivity contribution < 1.29 is 14.3 Å². The summed E-state index contributed by atoms with van der Waals surface area (Å²) in [4.78, 5) is 24.8. The molecule has 1 heterocycles. The largest absolute Gasteiger partial charge is 0.497 e. The Labute approximate surface area is 178 Å². The van der Waals surface area contributed by atoms with Crippen molar-refractivity contribution in [2.45, 2.75) is 48.0 Å². The lowest BCUT2D eigenvalue weighted by Crippen LogP contribution is -2.14. The van der Waals surface area contributed by atoms with Gasteiger partial charge in [0.1, 0.15) is 11.5 Å². The van der Waals surface area contributed by atoms with Crippen LogP contribution in [0.3, 0.4) is 0 Å². The summed E-state index contributed by atoms with van der Waals surface area (Å²) in [5, 5.41) is 1.43. The highest BCUT2D eigenvalue weighted by Gasteiger charge is 2.21. The Hall–Kier alpha value is -2.59. The molecule has 0 aliphatic heterocycles. The maximum absolute atomic E-state index is 13.0. The molecule has 3 aromatic rings. The van der Waals surface area contributed by atoms with E-state index >= 15 is 0 Å². The standard InChI is InChI=1S/C20H18ClNO3.2C2H6/c1-12(23)10-17-13(2)22(19-9-8-16(25-3)11-18(17)19)20(24)14-4-6-15(21)7-5-14;2*1-2/h4-9,11H,10H2,1-3H3;2*1-2H3. The molecule has 0 aliphatic carbocycles. The Morgan fingerprint density at radius 1 is 1.00 bits per heavy atom. The zero-order chi connectivity index (χ0) is 22.1. The number of benzene rings is 2. The van der Waals surface area contributed by atoms with Gasteiger partial charge in [0, 0.05) is 28.1 Å². The van der Waals surface area contributed by atoms with E-state index in [1.165, 1.54) is 0 Å². The van der Waals surface area contributed by atoms with Crippen LogP contribution in [0.25, 0.3) is 10.9 Å². The van der Waals surface area contributed by atoms with Crippen molar-refractivity contribution in [1.29, 1.82) is 0 Å². The van der Waals surface area contributed by atoms with E-state index in [4.69, 9.17) is 16.3 Å². The van der Waals surface area contributed by atoms with Crippen molar-refractivity contribution in [1.82, 2.24) is 4.57 Å². The zero-order valence-electron chi connectivity index (χ0n) is 18.3. The summed E-state index contributed by atoms with van der Waals surface area (Å²) in [5.41, 5.74) is 2.91. The fraction of sp³-hybridized carbons (Fsp3) is 0.333. The van der Waals surface area contributed by atoms with E-state index in [-0.39, 0.29) is 18.1 Å². The number of nitrogens with zero attached hydrogens (tertiary/aromatic N) is 1. The summed E-state index contributed by atoms with van der Waals surface area (Å²) in [5.74, 6) is 0.580. The normalized spacial score (nSPS) is 9.79. The van der Waals surface area contributed by atoms with Gasteiger partial charge in [-0.2, -0.15) is 0 Å². The quantitative estimate of drug-likeness (QED) is 0.489. The molecule has 0 radical (unpaired) electrons. The molecular formula is C24H30ClNO3. The second-order valence-electron chi connectivity index (χ2n) is 5.97. The first-order valence-electron chi connectivity index (χ1n) is 9.90. The molecule has 0 amide bonds. The molecule has 2 aromatic carbocycles. The molecule has 5 heteroatoms. The number of hydrogen-bond acceptors (Lipinski definition) is 3. The van der Waals surface area contributed by atoms with Crippen LogP contribution >= 0.6 is 11.6 Å². The number of carbonyl (C=O) groups excluding carboxylic acids is 2. The van der Waals surface area contributed by atoms with Gasteiger partial charge in [0.15, 0.2) is 0 Å². The van der Waals surface area contributed by atoms with Crippen LogP contribution in [-0.2, 0) is 11.2 Å². The van der Waals surface area contributed by atoms with Crippen LogP contribution in [0.1, 0.15) is 56.2 Å². The SMILES string of the molecule is CC.CC.COc1ccc2c(c1)c(CC(C)=O)c(C)n2C(=O)c1ccc(Cl)cc1. The van der Waals surface area contributed by atoms with Gasteiger partial charge >= 0.3 is 0 Å². The number of aromatic nitrogens is 1. The molecule has 156 valence electrons. The molecule has 0 unspecified atom stereocenters. The number of carbonyl (C=O) groups is 2. The molecule has 0 fully saturated rings. The summed E-state index contributed by atoms with van der Waals surface area (Å²) < 4.78 is 6.95. The highest BCUT2D eigenvalue weighted by atomic mass is 35.5. The first-order valence-corrected chi connectivity index (χ1v) is 10.3. The molecule has 0 N–H and O–H groups in total. The maximum atomic E-state index is 13.0. The number of hydrogen-bond donors (Lipinski definition) is 0. The molecule has 0 saturated heterocycles. The van der Waals surface area contributed by atoms with Gasteiger partial charge in [0.2, 0.25) is 0 Å². The Kier molecular flexibility index (Phi) is 9.63. The lowest BCUT2D eigenvalue weighted by atomic mass is 10.1. The van der Waals surface area contributed by atoms with Crippen molar-refractivity contribution in [3.63, 3.8) is 0 Å². The van der Waals surface area contributed by atoms with E-state index in [0.717, 1.165) is 22.2 Å². The summed E-state index contributed by atoms with van der Waals surface area (Å²) in [6.45, 7) is 11.4. The Balaban J connectivity index is 0.000000989. The maximum Gasteiger partial charge on any atom is 0.262 e. The van der Waals surface area contributed by atoms with E-state index in [0.29, 0.717) is 16.3 Å². The van der Waals surface area contributed by atoms with Crippen molar-refractivity contribution in [2.75, 3.05) is 7.11 Å². The number of methoxy groups -OCH3 is 1. The zero-order valence-corrected chi connectivity index (χ0v) is 19.1. The van der Waals surface area contributed by atoms with E-state index in [1.807, 2.05) is 52.8 Å². The van der Waals surface area contributed by atoms with Gasteiger partial charge in [0.25, 0.3) is 5.91 Å².